The molecule has 1 rings (SSSR count). The first-order chi connectivity index (χ1) is 7.34. The largest absolute Gasteiger partial charge is 0.317 e. The summed E-state index contributed by atoms with van der Waals surface area (Å²) < 4.78 is 0. The van der Waals surface area contributed by atoms with Crippen molar-refractivity contribution in [1.29, 1.82) is 0 Å². The number of halogens is 1. The van der Waals surface area contributed by atoms with E-state index in [1.54, 1.807) is 11.3 Å². The summed E-state index contributed by atoms with van der Waals surface area (Å²) in [5.41, 5.74) is 0. The van der Waals surface area contributed by atoms with Crippen molar-refractivity contribution in [2.45, 2.75) is 39.0 Å². The molecule has 0 bridgehead atoms. The standard InChI is InChI=1S/C12H20ClNS/c1-2-14-9-6-4-3-5-7-12-11(13)8-10-15-12/h8,10,14H,2-7,9H2,1H3. The van der Waals surface area contributed by atoms with E-state index < -0.39 is 0 Å². The molecule has 15 heavy (non-hydrogen) atoms. The minimum atomic E-state index is 0.952. The van der Waals surface area contributed by atoms with E-state index in [0.717, 1.165) is 24.5 Å². The minimum absolute atomic E-state index is 0.952. The first-order valence-electron chi connectivity index (χ1n) is 5.77. The smallest absolute Gasteiger partial charge is 0.0544 e. The maximum atomic E-state index is 6.02. The number of hydrogen-bond acceptors (Lipinski definition) is 2. The lowest BCUT2D eigenvalue weighted by Crippen LogP contribution is -2.13. The highest BCUT2D eigenvalue weighted by Gasteiger charge is 2.00. The van der Waals surface area contributed by atoms with Gasteiger partial charge in [-0.05, 0) is 43.8 Å². The van der Waals surface area contributed by atoms with Crippen LogP contribution in [0.1, 0.15) is 37.5 Å². The number of unbranched alkanes of at least 4 members (excludes halogenated alkanes) is 3. The molecule has 0 atom stereocenters. The molecule has 1 heterocycles. The summed E-state index contributed by atoms with van der Waals surface area (Å²) in [6, 6.07) is 1.99. The van der Waals surface area contributed by atoms with Crippen molar-refractivity contribution in [3.63, 3.8) is 0 Å². The Morgan fingerprint density at radius 3 is 2.73 bits per heavy atom. The van der Waals surface area contributed by atoms with E-state index in [2.05, 4.69) is 17.6 Å². The number of aryl methyl sites for hydroxylation is 1. The zero-order valence-electron chi connectivity index (χ0n) is 9.39. The van der Waals surface area contributed by atoms with Crippen LogP contribution in [-0.2, 0) is 6.42 Å². The van der Waals surface area contributed by atoms with E-state index in [-0.39, 0.29) is 0 Å². The second kappa shape index (κ2) is 8.14. The fourth-order valence-electron chi connectivity index (χ4n) is 1.57. The third kappa shape index (κ3) is 5.55. The molecular weight excluding hydrogens is 226 g/mol. The van der Waals surface area contributed by atoms with Gasteiger partial charge in [0, 0.05) is 4.88 Å². The zero-order valence-corrected chi connectivity index (χ0v) is 11.0. The van der Waals surface area contributed by atoms with Gasteiger partial charge in [0.2, 0.25) is 0 Å². The predicted octanol–water partition coefficient (Wildman–Crippen LogP) is 4.11. The summed E-state index contributed by atoms with van der Waals surface area (Å²) in [7, 11) is 0. The van der Waals surface area contributed by atoms with E-state index >= 15 is 0 Å². The van der Waals surface area contributed by atoms with Crippen molar-refractivity contribution in [3.05, 3.63) is 21.3 Å². The first kappa shape index (κ1) is 13.0. The van der Waals surface area contributed by atoms with Crippen LogP contribution in [0.5, 0.6) is 0 Å². The van der Waals surface area contributed by atoms with Gasteiger partial charge in [-0.2, -0.15) is 0 Å². The molecule has 0 aliphatic carbocycles. The monoisotopic (exact) mass is 245 g/mol. The van der Waals surface area contributed by atoms with Gasteiger partial charge in [-0.15, -0.1) is 11.3 Å². The van der Waals surface area contributed by atoms with Gasteiger partial charge in [0.05, 0.1) is 5.02 Å². The van der Waals surface area contributed by atoms with Gasteiger partial charge in [-0.3, -0.25) is 0 Å². The third-order valence-corrected chi connectivity index (χ3v) is 3.90. The topological polar surface area (TPSA) is 12.0 Å². The highest BCUT2D eigenvalue weighted by molar-refractivity contribution is 7.10. The lowest BCUT2D eigenvalue weighted by molar-refractivity contribution is 0.599. The summed E-state index contributed by atoms with van der Waals surface area (Å²) in [5, 5.41) is 6.37. The average Bonchev–Trinajstić information content (AvgIpc) is 2.63. The molecule has 0 saturated heterocycles. The van der Waals surface area contributed by atoms with Crippen molar-refractivity contribution in [1.82, 2.24) is 5.32 Å². The van der Waals surface area contributed by atoms with Crippen molar-refractivity contribution in [2.24, 2.45) is 0 Å². The summed E-state index contributed by atoms with van der Waals surface area (Å²) >= 11 is 7.80. The van der Waals surface area contributed by atoms with Gasteiger partial charge >= 0.3 is 0 Å². The molecule has 0 radical (unpaired) electrons. The molecule has 0 amide bonds. The van der Waals surface area contributed by atoms with Gasteiger partial charge in [0.1, 0.15) is 0 Å². The Hall–Kier alpha value is -0.0500. The molecule has 1 N–H and O–H groups in total. The molecule has 1 aromatic rings. The number of hydrogen-bond donors (Lipinski definition) is 1. The number of thiophene rings is 1. The maximum Gasteiger partial charge on any atom is 0.0544 e. The van der Waals surface area contributed by atoms with Gasteiger partial charge in [-0.25, -0.2) is 0 Å². The lowest BCUT2D eigenvalue weighted by atomic mass is 10.1. The second-order valence-corrected chi connectivity index (χ2v) is 5.12. The van der Waals surface area contributed by atoms with E-state index in [0.29, 0.717) is 0 Å². The van der Waals surface area contributed by atoms with Crippen molar-refractivity contribution < 1.29 is 0 Å². The molecule has 1 aromatic heterocycles. The minimum Gasteiger partial charge on any atom is -0.317 e. The van der Waals surface area contributed by atoms with E-state index in [1.807, 2.05) is 6.07 Å². The van der Waals surface area contributed by atoms with E-state index in [4.69, 9.17) is 11.6 Å². The Morgan fingerprint density at radius 1 is 1.27 bits per heavy atom. The first-order valence-corrected chi connectivity index (χ1v) is 7.03. The van der Waals surface area contributed by atoms with E-state index in [9.17, 15) is 0 Å². The molecule has 0 saturated carbocycles. The van der Waals surface area contributed by atoms with Crippen LogP contribution in [0.15, 0.2) is 11.4 Å². The van der Waals surface area contributed by atoms with Crippen LogP contribution in [0.25, 0.3) is 0 Å². The van der Waals surface area contributed by atoms with Crippen molar-refractivity contribution >= 4 is 22.9 Å². The highest BCUT2D eigenvalue weighted by atomic mass is 35.5. The summed E-state index contributed by atoms with van der Waals surface area (Å²) in [6.45, 7) is 4.40. The quantitative estimate of drug-likeness (QED) is 0.680. The molecule has 0 aliphatic heterocycles. The summed E-state index contributed by atoms with van der Waals surface area (Å²) in [4.78, 5) is 1.35. The molecule has 0 fully saturated rings. The van der Waals surface area contributed by atoms with Gasteiger partial charge < -0.3 is 5.32 Å². The number of rotatable bonds is 8. The van der Waals surface area contributed by atoms with Gasteiger partial charge in [0.25, 0.3) is 0 Å². The molecule has 86 valence electrons. The van der Waals surface area contributed by atoms with Crippen LogP contribution in [0.2, 0.25) is 5.02 Å². The Labute approximate surface area is 102 Å². The Bertz CT molecular complexity index is 260. The summed E-state index contributed by atoms with van der Waals surface area (Å²) in [5.74, 6) is 0. The zero-order chi connectivity index (χ0) is 10.9. The Kier molecular flexibility index (Phi) is 7.07. The maximum absolute atomic E-state index is 6.02. The molecule has 0 unspecified atom stereocenters. The highest BCUT2D eigenvalue weighted by Crippen LogP contribution is 2.23. The molecule has 0 spiro atoms. The number of nitrogens with one attached hydrogen (secondary N) is 1. The fourth-order valence-corrected chi connectivity index (χ4v) is 2.75. The van der Waals surface area contributed by atoms with Crippen LogP contribution in [0.3, 0.4) is 0 Å². The van der Waals surface area contributed by atoms with E-state index in [1.165, 1.54) is 30.6 Å². The third-order valence-electron chi connectivity index (χ3n) is 2.45. The lowest BCUT2D eigenvalue weighted by Gasteiger charge is -2.01. The SMILES string of the molecule is CCNCCCCCCc1sccc1Cl. The van der Waals surface area contributed by atoms with Crippen LogP contribution in [0.4, 0.5) is 0 Å². The van der Waals surface area contributed by atoms with Crippen molar-refractivity contribution in [3.8, 4) is 0 Å². The van der Waals surface area contributed by atoms with Gasteiger partial charge in [-0.1, -0.05) is 31.4 Å². The molecule has 0 aliphatic rings. The summed E-state index contributed by atoms with van der Waals surface area (Å²) in [6.07, 6.45) is 6.37. The predicted molar refractivity (Wildman–Crippen MR) is 70.0 cm³/mol. The molecular formula is C12H20ClNS. The second-order valence-electron chi connectivity index (χ2n) is 3.71. The molecule has 0 aromatic carbocycles. The molecule has 3 heteroatoms. The van der Waals surface area contributed by atoms with Crippen LogP contribution >= 0.6 is 22.9 Å². The Balaban J connectivity index is 1.96. The van der Waals surface area contributed by atoms with Crippen LogP contribution in [0, 0.1) is 0 Å². The average molecular weight is 246 g/mol. The van der Waals surface area contributed by atoms with Crippen LogP contribution in [-0.4, -0.2) is 13.1 Å². The van der Waals surface area contributed by atoms with Crippen LogP contribution < -0.4 is 5.32 Å². The fraction of sp³-hybridized carbons (Fsp3) is 0.667. The molecule has 1 nitrogen and oxygen atoms in total. The normalized spacial score (nSPS) is 10.8. The van der Waals surface area contributed by atoms with Crippen molar-refractivity contribution in [2.75, 3.05) is 13.1 Å². The Morgan fingerprint density at radius 2 is 2.07 bits per heavy atom. The van der Waals surface area contributed by atoms with Gasteiger partial charge in [0.15, 0.2) is 0 Å².